The monoisotopic (exact) mass is 418 g/mol. The standard InChI is InChI=1S/C19H25F2I/c1-2-3-12-4-5-14-9-15(7-6-13(14)8-12)16-10-17(20)19(22)18(21)11-16/h10-15H,2-9H2,1H3/t12?,13-,14-,15-/m1/s1. The van der Waals surface area contributed by atoms with Crippen molar-refractivity contribution >= 4 is 22.6 Å². The third kappa shape index (κ3) is 3.49. The molecule has 2 fully saturated rings. The summed E-state index contributed by atoms with van der Waals surface area (Å²) in [5, 5.41) is 0. The van der Waals surface area contributed by atoms with E-state index in [9.17, 15) is 8.78 Å². The van der Waals surface area contributed by atoms with Crippen LogP contribution in [0.25, 0.3) is 0 Å². The van der Waals surface area contributed by atoms with E-state index in [0.717, 1.165) is 36.2 Å². The van der Waals surface area contributed by atoms with Gasteiger partial charge in [0.05, 0.1) is 3.57 Å². The van der Waals surface area contributed by atoms with Gasteiger partial charge >= 0.3 is 0 Å². The fourth-order valence-corrected chi connectivity index (χ4v) is 5.08. The number of benzene rings is 1. The molecular weight excluding hydrogens is 393 g/mol. The van der Waals surface area contributed by atoms with Gasteiger partial charge in [0.15, 0.2) is 0 Å². The van der Waals surface area contributed by atoms with Crippen LogP contribution in [0.2, 0.25) is 0 Å². The highest BCUT2D eigenvalue weighted by molar-refractivity contribution is 14.1. The Hall–Kier alpha value is -0.190. The van der Waals surface area contributed by atoms with Gasteiger partial charge in [-0.3, -0.25) is 0 Å². The lowest BCUT2D eigenvalue weighted by Crippen LogP contribution is -2.30. The van der Waals surface area contributed by atoms with E-state index in [1.807, 2.05) is 0 Å². The maximum absolute atomic E-state index is 13.8. The molecule has 1 aromatic carbocycles. The zero-order valence-electron chi connectivity index (χ0n) is 13.3. The van der Waals surface area contributed by atoms with Gasteiger partial charge in [0.2, 0.25) is 0 Å². The van der Waals surface area contributed by atoms with Crippen LogP contribution in [-0.4, -0.2) is 0 Å². The summed E-state index contributed by atoms with van der Waals surface area (Å²) in [7, 11) is 0. The van der Waals surface area contributed by atoms with Gasteiger partial charge < -0.3 is 0 Å². The van der Waals surface area contributed by atoms with Gasteiger partial charge in [-0.25, -0.2) is 8.78 Å². The molecule has 0 radical (unpaired) electrons. The molecule has 2 saturated carbocycles. The maximum atomic E-state index is 13.8. The highest BCUT2D eigenvalue weighted by Gasteiger charge is 2.36. The molecule has 4 atom stereocenters. The molecule has 1 unspecified atom stereocenters. The topological polar surface area (TPSA) is 0 Å². The Bertz CT molecular complexity index is 505. The molecule has 0 bridgehead atoms. The molecule has 0 nitrogen and oxygen atoms in total. The second-order valence-corrected chi connectivity index (χ2v) is 8.38. The summed E-state index contributed by atoms with van der Waals surface area (Å²) in [6, 6.07) is 3.14. The maximum Gasteiger partial charge on any atom is 0.139 e. The Balaban J connectivity index is 1.68. The molecule has 2 aliphatic carbocycles. The fourth-order valence-electron chi connectivity index (χ4n) is 4.77. The largest absolute Gasteiger partial charge is 0.206 e. The van der Waals surface area contributed by atoms with Crippen LogP contribution in [0.15, 0.2) is 12.1 Å². The molecule has 122 valence electrons. The van der Waals surface area contributed by atoms with Crippen LogP contribution >= 0.6 is 22.6 Å². The first-order chi connectivity index (χ1) is 10.6. The third-order valence-electron chi connectivity index (χ3n) is 5.90. The second kappa shape index (κ2) is 7.14. The summed E-state index contributed by atoms with van der Waals surface area (Å²) in [5.41, 5.74) is 0.879. The molecule has 0 aliphatic heterocycles. The van der Waals surface area contributed by atoms with E-state index >= 15 is 0 Å². The highest BCUT2D eigenvalue weighted by atomic mass is 127. The molecule has 22 heavy (non-hydrogen) atoms. The van der Waals surface area contributed by atoms with Crippen molar-refractivity contribution in [2.24, 2.45) is 17.8 Å². The Labute approximate surface area is 146 Å². The van der Waals surface area contributed by atoms with Gasteiger partial charge in [-0.15, -0.1) is 0 Å². The van der Waals surface area contributed by atoms with Gasteiger partial charge in [-0.2, -0.15) is 0 Å². The quantitative estimate of drug-likeness (QED) is 0.380. The number of rotatable bonds is 3. The van der Waals surface area contributed by atoms with Gasteiger partial charge in [-0.1, -0.05) is 26.2 Å². The number of halogens is 3. The minimum Gasteiger partial charge on any atom is -0.206 e. The van der Waals surface area contributed by atoms with Crippen LogP contribution in [0.3, 0.4) is 0 Å². The molecule has 3 rings (SSSR count). The molecule has 0 spiro atoms. The Kier molecular flexibility index (Phi) is 5.41. The molecule has 0 amide bonds. The zero-order valence-corrected chi connectivity index (χ0v) is 15.4. The number of hydrogen-bond donors (Lipinski definition) is 0. The van der Waals surface area contributed by atoms with Crippen molar-refractivity contribution in [1.29, 1.82) is 0 Å². The molecular formula is C19H25F2I. The molecule has 0 saturated heterocycles. The first-order valence-corrected chi connectivity index (χ1v) is 9.80. The average molecular weight is 418 g/mol. The third-order valence-corrected chi connectivity index (χ3v) is 6.93. The predicted octanol–water partition coefficient (Wildman–Crippen LogP) is 6.67. The van der Waals surface area contributed by atoms with Gasteiger partial charge in [-0.05, 0) is 96.1 Å². The normalized spacial score (nSPS) is 31.8. The average Bonchev–Trinajstić information content (AvgIpc) is 2.52. The van der Waals surface area contributed by atoms with E-state index in [1.54, 1.807) is 34.7 Å². The van der Waals surface area contributed by atoms with Crippen molar-refractivity contribution in [1.82, 2.24) is 0 Å². The van der Waals surface area contributed by atoms with Crippen molar-refractivity contribution in [3.05, 3.63) is 32.9 Å². The van der Waals surface area contributed by atoms with Crippen LogP contribution in [0.1, 0.15) is 69.8 Å². The Morgan fingerprint density at radius 1 is 1.00 bits per heavy atom. The van der Waals surface area contributed by atoms with Crippen LogP contribution in [0.5, 0.6) is 0 Å². The Morgan fingerprint density at radius 3 is 2.32 bits per heavy atom. The predicted molar refractivity (Wildman–Crippen MR) is 94.9 cm³/mol. The summed E-state index contributed by atoms with van der Waals surface area (Å²) in [6.07, 6.45) is 10.2. The summed E-state index contributed by atoms with van der Waals surface area (Å²) >= 11 is 1.75. The van der Waals surface area contributed by atoms with Gasteiger partial charge in [0.1, 0.15) is 11.6 Å². The summed E-state index contributed by atoms with van der Waals surface area (Å²) < 4.78 is 27.8. The van der Waals surface area contributed by atoms with Crippen molar-refractivity contribution in [2.45, 2.75) is 64.2 Å². The fraction of sp³-hybridized carbons (Fsp3) is 0.684. The lowest BCUT2D eigenvalue weighted by atomic mass is 9.63. The lowest BCUT2D eigenvalue weighted by molar-refractivity contribution is 0.114. The van der Waals surface area contributed by atoms with E-state index in [-0.39, 0.29) is 3.57 Å². The second-order valence-electron chi connectivity index (χ2n) is 7.30. The van der Waals surface area contributed by atoms with Crippen LogP contribution < -0.4 is 0 Å². The van der Waals surface area contributed by atoms with Gasteiger partial charge in [0.25, 0.3) is 0 Å². The zero-order chi connectivity index (χ0) is 15.7. The van der Waals surface area contributed by atoms with E-state index in [1.165, 1.54) is 38.5 Å². The van der Waals surface area contributed by atoms with Gasteiger partial charge in [0, 0.05) is 0 Å². The number of fused-ring (bicyclic) bond motifs is 1. The molecule has 0 heterocycles. The van der Waals surface area contributed by atoms with Crippen molar-refractivity contribution in [3.63, 3.8) is 0 Å². The van der Waals surface area contributed by atoms with E-state index in [0.29, 0.717) is 5.92 Å². The van der Waals surface area contributed by atoms with Crippen molar-refractivity contribution in [2.75, 3.05) is 0 Å². The molecule has 1 aromatic rings. The first-order valence-electron chi connectivity index (χ1n) is 8.72. The molecule has 0 aromatic heterocycles. The van der Waals surface area contributed by atoms with E-state index < -0.39 is 11.6 Å². The molecule has 3 heteroatoms. The van der Waals surface area contributed by atoms with Crippen molar-refractivity contribution in [3.8, 4) is 0 Å². The Morgan fingerprint density at radius 2 is 1.64 bits per heavy atom. The molecule has 2 aliphatic rings. The van der Waals surface area contributed by atoms with Crippen LogP contribution in [-0.2, 0) is 0 Å². The molecule has 0 N–H and O–H groups in total. The smallest absolute Gasteiger partial charge is 0.139 e. The van der Waals surface area contributed by atoms with Crippen LogP contribution in [0, 0.1) is 33.0 Å². The summed E-state index contributed by atoms with van der Waals surface area (Å²) in [4.78, 5) is 0. The van der Waals surface area contributed by atoms with Crippen LogP contribution in [0.4, 0.5) is 8.78 Å². The van der Waals surface area contributed by atoms with E-state index in [4.69, 9.17) is 0 Å². The summed E-state index contributed by atoms with van der Waals surface area (Å²) in [6.45, 7) is 2.28. The minimum atomic E-state index is -0.399. The minimum absolute atomic E-state index is 0.120. The number of hydrogen-bond acceptors (Lipinski definition) is 0. The first kappa shape index (κ1) is 16.7. The van der Waals surface area contributed by atoms with E-state index in [2.05, 4.69) is 6.92 Å². The lowest BCUT2D eigenvalue weighted by Gasteiger charge is -2.42. The van der Waals surface area contributed by atoms with Crippen molar-refractivity contribution < 1.29 is 8.78 Å². The summed E-state index contributed by atoms with van der Waals surface area (Å²) in [5.74, 6) is 2.12. The highest BCUT2D eigenvalue weighted by Crippen LogP contribution is 2.48. The SMILES string of the molecule is CCCC1CC[C@@H]2C[C@H](c3cc(F)c(I)c(F)c3)CC[C@@H]2C1.